The average molecular weight is 296 g/mol. The van der Waals surface area contributed by atoms with Crippen molar-refractivity contribution >= 4 is 19.5 Å². The van der Waals surface area contributed by atoms with Gasteiger partial charge in [-0.2, -0.15) is 0 Å². The van der Waals surface area contributed by atoms with E-state index in [0.717, 1.165) is 0 Å². The van der Waals surface area contributed by atoms with E-state index in [1.807, 2.05) is 0 Å². The van der Waals surface area contributed by atoms with Crippen LogP contribution in [-0.2, 0) is 32.7 Å². The van der Waals surface area contributed by atoms with Gasteiger partial charge in [-0.15, -0.1) is 0 Å². The largest absolute Gasteiger partial charge is 0.464 e. The topological polar surface area (TPSA) is 88.1 Å². The van der Waals surface area contributed by atoms with Crippen LogP contribution in [0.5, 0.6) is 0 Å². The molecule has 0 aliphatic rings. The maximum atomic E-state index is 12.0. The Morgan fingerprint density at radius 2 is 1.26 bits per heavy atom. The summed E-state index contributed by atoms with van der Waals surface area (Å²) >= 11 is 0. The first kappa shape index (κ1) is 18.1. The Kier molecular flexibility index (Phi) is 7.90. The van der Waals surface area contributed by atoms with Gasteiger partial charge in [0.25, 0.3) is 0 Å². The third kappa shape index (κ3) is 7.30. The molecular formula is C11H21O7P. The van der Waals surface area contributed by atoms with Crippen LogP contribution in [0.3, 0.4) is 0 Å². The fourth-order valence-electron chi connectivity index (χ4n) is 1.20. The fraction of sp³-hybridized carbons (Fsp3) is 0.818. The molecule has 0 amide bonds. The van der Waals surface area contributed by atoms with E-state index in [4.69, 9.17) is 18.5 Å². The van der Waals surface area contributed by atoms with E-state index in [1.54, 1.807) is 13.8 Å². The van der Waals surface area contributed by atoms with Gasteiger partial charge in [-0.05, 0) is 27.7 Å². The lowest BCUT2D eigenvalue weighted by molar-refractivity contribution is -0.152. The lowest BCUT2D eigenvalue weighted by atomic mass is 10.4. The first-order valence-corrected chi connectivity index (χ1v) is 8.00. The molecule has 0 aromatic heterocycles. The number of hydrogen-bond acceptors (Lipinski definition) is 7. The van der Waals surface area contributed by atoms with Crippen molar-refractivity contribution in [2.45, 2.75) is 39.9 Å². The van der Waals surface area contributed by atoms with Gasteiger partial charge in [-0.3, -0.25) is 13.6 Å². The molecule has 0 aromatic rings. The van der Waals surface area contributed by atoms with E-state index in [2.05, 4.69) is 0 Å². The van der Waals surface area contributed by atoms with Crippen molar-refractivity contribution in [2.24, 2.45) is 0 Å². The van der Waals surface area contributed by atoms with Gasteiger partial charge >= 0.3 is 19.5 Å². The Morgan fingerprint density at radius 3 is 1.53 bits per heavy atom. The summed E-state index contributed by atoms with van der Waals surface area (Å²) < 4.78 is 31.4. The predicted octanol–water partition coefficient (Wildman–Crippen LogP) is 1.75. The Morgan fingerprint density at radius 1 is 0.947 bits per heavy atom. The van der Waals surface area contributed by atoms with Gasteiger partial charge in [0.2, 0.25) is 0 Å². The van der Waals surface area contributed by atoms with E-state index >= 15 is 0 Å². The van der Waals surface area contributed by atoms with Crippen molar-refractivity contribution in [2.75, 3.05) is 19.9 Å². The highest BCUT2D eigenvalue weighted by atomic mass is 31.2. The molecule has 0 spiro atoms. The Hall–Kier alpha value is -0.910. The van der Waals surface area contributed by atoms with Crippen molar-refractivity contribution in [1.29, 1.82) is 0 Å². The highest BCUT2D eigenvalue weighted by molar-refractivity contribution is 7.53. The zero-order chi connectivity index (χ0) is 15.1. The summed E-state index contributed by atoms with van der Waals surface area (Å²) in [6, 6.07) is 0. The summed E-state index contributed by atoms with van der Waals surface area (Å²) in [7, 11) is -3.56. The number of ether oxygens (including phenoxy) is 2. The van der Waals surface area contributed by atoms with Gasteiger partial charge in [-0.25, -0.2) is 9.59 Å². The molecule has 0 aliphatic carbocycles. The van der Waals surface area contributed by atoms with Gasteiger partial charge in [0, 0.05) is 6.66 Å². The summed E-state index contributed by atoms with van der Waals surface area (Å²) in [5.41, 5.74) is 0. The molecule has 8 heteroatoms. The highest BCUT2D eigenvalue weighted by Crippen LogP contribution is 2.46. The molecule has 0 bridgehead atoms. The summed E-state index contributed by atoms with van der Waals surface area (Å²) in [6.45, 7) is 7.66. The Bertz CT molecular complexity index is 325. The van der Waals surface area contributed by atoms with Crippen LogP contribution in [-0.4, -0.2) is 44.0 Å². The third-order valence-corrected chi connectivity index (χ3v) is 3.33. The normalized spacial score (nSPS) is 17.1. The molecule has 0 N–H and O–H groups in total. The van der Waals surface area contributed by atoms with Gasteiger partial charge in [0.15, 0.2) is 12.2 Å². The molecule has 0 saturated carbocycles. The van der Waals surface area contributed by atoms with Crippen LogP contribution in [0.1, 0.15) is 27.7 Å². The maximum absolute atomic E-state index is 12.0. The number of carbonyl (C=O) groups is 2. The maximum Gasteiger partial charge on any atom is 0.335 e. The lowest BCUT2D eigenvalue weighted by Gasteiger charge is -2.20. The minimum atomic E-state index is -3.56. The van der Waals surface area contributed by atoms with E-state index in [-0.39, 0.29) is 13.2 Å². The molecule has 0 heterocycles. The average Bonchev–Trinajstić information content (AvgIpc) is 2.28. The summed E-state index contributed by atoms with van der Waals surface area (Å²) in [5.74, 6) is -1.28. The molecule has 0 rings (SSSR count). The van der Waals surface area contributed by atoms with Crippen LogP contribution in [0.15, 0.2) is 0 Å². The van der Waals surface area contributed by atoms with Crippen LogP contribution in [0.4, 0.5) is 0 Å². The highest BCUT2D eigenvalue weighted by Gasteiger charge is 2.30. The van der Waals surface area contributed by atoms with Gasteiger partial charge in [0.05, 0.1) is 13.2 Å². The number of esters is 2. The number of hydrogen-bond donors (Lipinski definition) is 0. The fourth-order valence-corrected chi connectivity index (χ4v) is 2.58. The lowest BCUT2D eigenvalue weighted by Crippen LogP contribution is -2.26. The Balaban J connectivity index is 4.43. The molecule has 0 aromatic carbocycles. The molecule has 112 valence electrons. The van der Waals surface area contributed by atoms with Crippen molar-refractivity contribution < 1.29 is 32.7 Å². The van der Waals surface area contributed by atoms with Gasteiger partial charge in [-0.1, -0.05) is 0 Å². The first-order valence-electron chi connectivity index (χ1n) is 6.01. The molecule has 0 saturated heterocycles. The molecule has 2 atom stereocenters. The van der Waals surface area contributed by atoms with Crippen molar-refractivity contribution in [3.8, 4) is 0 Å². The molecule has 2 unspecified atom stereocenters. The van der Waals surface area contributed by atoms with Crippen molar-refractivity contribution in [1.82, 2.24) is 0 Å². The van der Waals surface area contributed by atoms with E-state index in [9.17, 15) is 14.2 Å². The van der Waals surface area contributed by atoms with Crippen LogP contribution in [0.25, 0.3) is 0 Å². The van der Waals surface area contributed by atoms with E-state index in [1.165, 1.54) is 20.5 Å². The first-order chi connectivity index (χ1) is 8.73. The second-order valence-corrected chi connectivity index (χ2v) is 5.73. The Labute approximate surface area is 113 Å². The summed E-state index contributed by atoms with van der Waals surface area (Å²) in [6.07, 6.45) is -2.07. The van der Waals surface area contributed by atoms with Gasteiger partial charge in [0.1, 0.15) is 0 Å². The van der Waals surface area contributed by atoms with Crippen LogP contribution >= 0.6 is 7.60 Å². The second kappa shape index (κ2) is 8.30. The van der Waals surface area contributed by atoms with Crippen molar-refractivity contribution in [3.63, 3.8) is 0 Å². The molecular weight excluding hydrogens is 275 g/mol. The number of rotatable bonds is 8. The minimum Gasteiger partial charge on any atom is -0.464 e. The molecule has 0 aliphatic heterocycles. The standard InChI is InChI=1S/C11H21O7P/c1-6-15-10(12)8(3)17-19(5,14)18-9(4)11(13)16-7-2/h8-9H,6-7H2,1-5H3. The molecule has 0 fully saturated rings. The minimum absolute atomic E-state index is 0.195. The molecule has 0 radical (unpaired) electrons. The monoisotopic (exact) mass is 296 g/mol. The second-order valence-electron chi connectivity index (χ2n) is 3.77. The molecule has 19 heavy (non-hydrogen) atoms. The third-order valence-electron chi connectivity index (χ3n) is 1.94. The predicted molar refractivity (Wildman–Crippen MR) is 67.9 cm³/mol. The van der Waals surface area contributed by atoms with Crippen LogP contribution in [0.2, 0.25) is 0 Å². The van der Waals surface area contributed by atoms with E-state index in [0.29, 0.717) is 0 Å². The van der Waals surface area contributed by atoms with E-state index < -0.39 is 31.7 Å². The number of carbonyl (C=O) groups excluding carboxylic acids is 2. The zero-order valence-electron chi connectivity index (χ0n) is 11.9. The smallest absolute Gasteiger partial charge is 0.335 e. The van der Waals surface area contributed by atoms with Gasteiger partial charge < -0.3 is 9.47 Å². The summed E-state index contributed by atoms with van der Waals surface area (Å²) in [4.78, 5) is 22.7. The summed E-state index contributed by atoms with van der Waals surface area (Å²) in [5, 5.41) is 0. The SMILES string of the molecule is CCOC(=O)C(C)OP(C)(=O)OC(C)C(=O)OCC. The van der Waals surface area contributed by atoms with Crippen LogP contribution < -0.4 is 0 Å². The van der Waals surface area contributed by atoms with Crippen molar-refractivity contribution in [3.05, 3.63) is 0 Å². The molecule has 7 nitrogen and oxygen atoms in total. The van der Waals surface area contributed by atoms with Crippen LogP contribution in [0, 0.1) is 0 Å². The zero-order valence-corrected chi connectivity index (χ0v) is 12.8. The quantitative estimate of drug-likeness (QED) is 0.498.